The molecule has 1 heterocycles. The molecule has 0 aliphatic carbocycles. The summed E-state index contributed by atoms with van der Waals surface area (Å²) in [6.07, 6.45) is 0. The number of ketones is 1. The first kappa shape index (κ1) is 15.7. The molecule has 2 aromatic rings. The number of hydrogen-bond donors (Lipinski definition) is 1. The van der Waals surface area contributed by atoms with Crippen molar-refractivity contribution in [2.24, 2.45) is 0 Å². The molecule has 0 atom stereocenters. The zero-order valence-corrected chi connectivity index (χ0v) is 14.1. The van der Waals surface area contributed by atoms with E-state index in [1.165, 1.54) is 14.0 Å². The standard InChI is InChI=1S/C14H13BrN2O3S/c1-7-4-9(15)6-10(5-7)16-14-17-11(13(19)20-3)12(21-14)8(2)18/h4-6H,1-3H3,(H,16,17). The summed E-state index contributed by atoms with van der Waals surface area (Å²) < 4.78 is 5.58. The fraction of sp³-hybridized carbons (Fsp3) is 0.214. The van der Waals surface area contributed by atoms with Gasteiger partial charge in [-0.1, -0.05) is 27.3 Å². The molecule has 0 aliphatic rings. The zero-order valence-electron chi connectivity index (χ0n) is 11.7. The lowest BCUT2D eigenvalue weighted by Crippen LogP contribution is -2.07. The van der Waals surface area contributed by atoms with Gasteiger partial charge in [-0.2, -0.15) is 0 Å². The first-order valence-electron chi connectivity index (χ1n) is 6.05. The number of aryl methyl sites for hydroxylation is 1. The van der Waals surface area contributed by atoms with E-state index in [-0.39, 0.29) is 16.4 Å². The summed E-state index contributed by atoms with van der Waals surface area (Å²) >= 11 is 4.55. The van der Waals surface area contributed by atoms with Crippen LogP contribution < -0.4 is 5.32 Å². The third-order valence-corrected chi connectivity index (χ3v) is 4.15. The number of hydrogen-bond acceptors (Lipinski definition) is 6. The van der Waals surface area contributed by atoms with Crippen LogP contribution in [0.1, 0.15) is 32.6 Å². The Labute approximate surface area is 134 Å². The molecule has 0 amide bonds. The third-order valence-electron chi connectivity index (χ3n) is 2.62. The quantitative estimate of drug-likeness (QED) is 0.653. The Morgan fingerprint density at radius 3 is 2.62 bits per heavy atom. The zero-order chi connectivity index (χ0) is 15.6. The van der Waals surface area contributed by atoms with Gasteiger partial charge in [0.1, 0.15) is 4.88 Å². The summed E-state index contributed by atoms with van der Waals surface area (Å²) in [7, 11) is 1.26. The van der Waals surface area contributed by atoms with Crippen molar-refractivity contribution in [3.05, 3.63) is 38.8 Å². The number of methoxy groups -OCH3 is 1. The van der Waals surface area contributed by atoms with Crippen LogP contribution in [0.3, 0.4) is 0 Å². The Balaban J connectivity index is 2.36. The molecule has 7 heteroatoms. The summed E-state index contributed by atoms with van der Waals surface area (Å²) in [5.74, 6) is -0.832. The second-order valence-corrected chi connectivity index (χ2v) is 6.30. The van der Waals surface area contributed by atoms with Crippen molar-refractivity contribution < 1.29 is 14.3 Å². The van der Waals surface area contributed by atoms with Crippen LogP contribution in [-0.2, 0) is 4.74 Å². The molecule has 0 saturated heterocycles. The van der Waals surface area contributed by atoms with E-state index in [0.717, 1.165) is 27.1 Å². The third kappa shape index (κ3) is 3.68. The Morgan fingerprint density at radius 2 is 2.05 bits per heavy atom. The van der Waals surface area contributed by atoms with Gasteiger partial charge in [0.05, 0.1) is 7.11 Å². The largest absolute Gasteiger partial charge is 0.464 e. The molecular weight excluding hydrogens is 356 g/mol. The number of esters is 1. The van der Waals surface area contributed by atoms with Crippen LogP contribution in [0, 0.1) is 6.92 Å². The summed E-state index contributed by atoms with van der Waals surface area (Å²) in [5.41, 5.74) is 1.94. The molecular formula is C14H13BrN2O3S. The summed E-state index contributed by atoms with van der Waals surface area (Å²) in [6, 6.07) is 5.81. The van der Waals surface area contributed by atoms with Crippen LogP contribution >= 0.6 is 27.3 Å². The molecule has 0 bridgehead atoms. The van der Waals surface area contributed by atoms with Gasteiger partial charge in [0.15, 0.2) is 16.6 Å². The lowest BCUT2D eigenvalue weighted by molar-refractivity contribution is 0.0591. The number of carbonyl (C=O) groups excluding carboxylic acids is 2. The number of anilines is 2. The maximum absolute atomic E-state index is 11.6. The lowest BCUT2D eigenvalue weighted by atomic mass is 10.2. The van der Waals surface area contributed by atoms with Crippen LogP contribution in [0.25, 0.3) is 0 Å². The fourth-order valence-electron chi connectivity index (χ4n) is 1.78. The monoisotopic (exact) mass is 368 g/mol. The van der Waals surface area contributed by atoms with Gasteiger partial charge in [-0.15, -0.1) is 0 Å². The number of benzene rings is 1. The number of aromatic nitrogens is 1. The van der Waals surface area contributed by atoms with E-state index in [1.807, 2.05) is 25.1 Å². The molecule has 0 fully saturated rings. The van der Waals surface area contributed by atoms with E-state index < -0.39 is 5.97 Å². The van der Waals surface area contributed by atoms with Crippen molar-refractivity contribution in [2.45, 2.75) is 13.8 Å². The Kier molecular flexibility index (Phi) is 4.74. The van der Waals surface area contributed by atoms with E-state index in [9.17, 15) is 9.59 Å². The highest BCUT2D eigenvalue weighted by Crippen LogP contribution is 2.28. The van der Waals surface area contributed by atoms with E-state index in [0.29, 0.717) is 5.13 Å². The molecule has 110 valence electrons. The molecule has 5 nitrogen and oxygen atoms in total. The van der Waals surface area contributed by atoms with Gasteiger partial charge in [-0.3, -0.25) is 4.79 Å². The normalized spacial score (nSPS) is 10.3. The maximum Gasteiger partial charge on any atom is 0.358 e. The summed E-state index contributed by atoms with van der Waals surface area (Å²) in [5, 5.41) is 3.57. The average Bonchev–Trinajstić information content (AvgIpc) is 2.80. The molecule has 0 aliphatic heterocycles. The van der Waals surface area contributed by atoms with Gasteiger partial charge in [-0.25, -0.2) is 9.78 Å². The Morgan fingerprint density at radius 1 is 1.33 bits per heavy atom. The predicted molar refractivity (Wildman–Crippen MR) is 85.6 cm³/mol. The van der Waals surface area contributed by atoms with Crippen LogP contribution in [-0.4, -0.2) is 23.8 Å². The Bertz CT molecular complexity index is 692. The van der Waals surface area contributed by atoms with Gasteiger partial charge < -0.3 is 10.1 Å². The number of nitrogens with one attached hydrogen (secondary N) is 1. The fourth-order valence-corrected chi connectivity index (χ4v) is 3.26. The molecule has 0 saturated carbocycles. The first-order valence-corrected chi connectivity index (χ1v) is 7.66. The van der Waals surface area contributed by atoms with Gasteiger partial charge in [-0.05, 0) is 30.7 Å². The molecule has 0 unspecified atom stereocenters. The van der Waals surface area contributed by atoms with Crippen molar-refractivity contribution in [2.75, 3.05) is 12.4 Å². The Hall–Kier alpha value is -1.73. The number of nitrogens with zero attached hydrogens (tertiary/aromatic N) is 1. The summed E-state index contributed by atoms with van der Waals surface area (Å²) in [4.78, 5) is 27.7. The van der Waals surface area contributed by atoms with E-state index in [1.54, 1.807) is 0 Å². The lowest BCUT2D eigenvalue weighted by Gasteiger charge is -2.04. The van der Waals surface area contributed by atoms with Crippen molar-refractivity contribution in [1.82, 2.24) is 4.98 Å². The highest BCUT2D eigenvalue weighted by molar-refractivity contribution is 9.10. The molecule has 2 rings (SSSR count). The highest BCUT2D eigenvalue weighted by Gasteiger charge is 2.21. The molecule has 1 aromatic heterocycles. The second kappa shape index (κ2) is 6.36. The number of halogens is 1. The maximum atomic E-state index is 11.6. The molecule has 1 N–H and O–H groups in total. The SMILES string of the molecule is COC(=O)c1nc(Nc2cc(C)cc(Br)c2)sc1C(C)=O. The number of thiazole rings is 1. The summed E-state index contributed by atoms with van der Waals surface area (Å²) in [6.45, 7) is 3.37. The minimum absolute atomic E-state index is 0.0456. The van der Waals surface area contributed by atoms with Gasteiger partial charge in [0.25, 0.3) is 0 Å². The minimum Gasteiger partial charge on any atom is -0.464 e. The number of carbonyl (C=O) groups is 2. The van der Waals surface area contributed by atoms with Crippen molar-refractivity contribution >= 4 is 49.8 Å². The molecule has 1 aromatic carbocycles. The molecule has 21 heavy (non-hydrogen) atoms. The topological polar surface area (TPSA) is 68.3 Å². The van der Waals surface area contributed by atoms with E-state index in [2.05, 4.69) is 31.0 Å². The van der Waals surface area contributed by atoms with Crippen molar-refractivity contribution in [3.63, 3.8) is 0 Å². The average molecular weight is 369 g/mol. The van der Waals surface area contributed by atoms with Crippen LogP contribution in [0.15, 0.2) is 22.7 Å². The highest BCUT2D eigenvalue weighted by atomic mass is 79.9. The van der Waals surface area contributed by atoms with Gasteiger partial charge in [0, 0.05) is 17.1 Å². The van der Waals surface area contributed by atoms with Gasteiger partial charge in [0.2, 0.25) is 0 Å². The number of rotatable bonds is 4. The first-order chi connectivity index (χ1) is 9.90. The second-order valence-electron chi connectivity index (χ2n) is 4.39. The van der Waals surface area contributed by atoms with E-state index >= 15 is 0 Å². The van der Waals surface area contributed by atoms with Crippen molar-refractivity contribution in [3.8, 4) is 0 Å². The van der Waals surface area contributed by atoms with E-state index in [4.69, 9.17) is 0 Å². The van der Waals surface area contributed by atoms with Crippen LogP contribution in [0.5, 0.6) is 0 Å². The van der Waals surface area contributed by atoms with Gasteiger partial charge >= 0.3 is 5.97 Å². The molecule has 0 spiro atoms. The smallest absolute Gasteiger partial charge is 0.358 e. The minimum atomic E-state index is -0.616. The number of ether oxygens (including phenoxy) is 1. The van der Waals surface area contributed by atoms with Crippen LogP contribution in [0.4, 0.5) is 10.8 Å². The number of Topliss-reactive ketones (excluding diaryl/α,β-unsaturated/α-hetero) is 1. The van der Waals surface area contributed by atoms with Crippen molar-refractivity contribution in [1.29, 1.82) is 0 Å². The van der Waals surface area contributed by atoms with Crippen LogP contribution in [0.2, 0.25) is 0 Å². The predicted octanol–water partition coefficient (Wildman–Crippen LogP) is 3.95. The molecule has 0 radical (unpaired) electrons.